The monoisotopic (exact) mass is 514 g/mol. The molecule has 2 heterocycles. The summed E-state index contributed by atoms with van der Waals surface area (Å²) < 4.78 is 52.7. The minimum absolute atomic E-state index is 0.0554. The highest BCUT2D eigenvalue weighted by molar-refractivity contribution is 6.33. The van der Waals surface area contributed by atoms with Crippen LogP contribution in [0.15, 0.2) is 127 Å². The van der Waals surface area contributed by atoms with Crippen LogP contribution in [0.4, 0.5) is 0 Å². The van der Waals surface area contributed by atoms with Crippen LogP contribution in [-0.4, -0.2) is 19.5 Å². The molecule has 180 valence electrons. The summed E-state index contributed by atoms with van der Waals surface area (Å²) >= 11 is 6.95. The maximum atomic E-state index is 8.71. The molecule has 2 aromatic heterocycles. The predicted octanol–water partition coefficient (Wildman–Crippen LogP) is 8.62. The van der Waals surface area contributed by atoms with Crippen molar-refractivity contribution in [3.05, 3.63) is 132 Å². The molecule has 5 heteroatoms. The van der Waals surface area contributed by atoms with Gasteiger partial charge in [-0.15, -0.1) is 0 Å². The Balaban J connectivity index is 1.47. The first kappa shape index (κ1) is 16.8. The van der Waals surface area contributed by atoms with Crippen LogP contribution in [0.25, 0.3) is 61.7 Å². The third-order valence-electron chi connectivity index (χ3n) is 6.27. The van der Waals surface area contributed by atoms with E-state index >= 15 is 0 Å². The normalized spacial score (nSPS) is 13.5. The molecule has 0 fully saturated rings. The Bertz CT molecular complexity index is 2130. The van der Waals surface area contributed by atoms with Gasteiger partial charge in [-0.2, -0.15) is 0 Å². The molecule has 0 aliphatic rings. The van der Waals surface area contributed by atoms with E-state index in [2.05, 4.69) is 0 Å². The van der Waals surface area contributed by atoms with Gasteiger partial charge in [-0.25, -0.2) is 15.0 Å². The van der Waals surface area contributed by atoms with Crippen molar-refractivity contribution >= 4 is 33.4 Å². The Morgan fingerprint density at radius 3 is 1.55 bits per heavy atom. The number of aromatic nitrogens is 4. The fourth-order valence-electron chi connectivity index (χ4n) is 4.52. The highest BCUT2D eigenvalue weighted by Gasteiger charge is 2.16. The molecule has 7 aromatic rings. The number of para-hydroxylation sites is 2. The average Bonchev–Trinajstić information content (AvgIpc) is 3.40. The van der Waals surface area contributed by atoms with Gasteiger partial charge in [0.25, 0.3) is 0 Å². The Labute approximate surface area is 233 Å². The number of nitrogens with zero attached hydrogens (tertiary/aromatic N) is 4. The summed E-state index contributed by atoms with van der Waals surface area (Å²) in [7, 11) is 0. The molecule has 0 unspecified atom stereocenters. The Morgan fingerprint density at radius 1 is 0.553 bits per heavy atom. The second-order valence-corrected chi connectivity index (χ2v) is 9.01. The van der Waals surface area contributed by atoms with E-state index < -0.39 is 0 Å². The lowest BCUT2D eigenvalue weighted by atomic mass is 10.1. The van der Waals surface area contributed by atoms with Gasteiger partial charge in [0.05, 0.1) is 30.0 Å². The SMILES string of the molecule is [2H]c1cc([2H])c2c(c1[2H])c1c([2H])c([2H])cc([2H])c1n2-c1ccc(-c2nc(-c3ccccc3)nc(-c3ccccc3)n2)cc1Cl. The minimum atomic E-state index is -0.182. The van der Waals surface area contributed by atoms with Crippen molar-refractivity contribution in [1.82, 2.24) is 19.5 Å². The Morgan fingerprint density at radius 2 is 1.05 bits per heavy atom. The lowest BCUT2D eigenvalue weighted by Crippen LogP contribution is -2.01. The van der Waals surface area contributed by atoms with Gasteiger partial charge in [-0.1, -0.05) is 109 Å². The first-order valence-corrected chi connectivity index (χ1v) is 12.3. The van der Waals surface area contributed by atoms with E-state index in [0.717, 1.165) is 11.1 Å². The van der Waals surface area contributed by atoms with Crippen LogP contribution in [0.5, 0.6) is 0 Å². The van der Waals surface area contributed by atoms with Crippen LogP contribution in [0.3, 0.4) is 0 Å². The fraction of sp³-hybridized carbons (Fsp3) is 0. The van der Waals surface area contributed by atoms with Gasteiger partial charge in [-0.05, 0) is 30.3 Å². The lowest BCUT2D eigenvalue weighted by molar-refractivity contribution is 1.07. The zero-order chi connectivity index (χ0) is 30.7. The van der Waals surface area contributed by atoms with Crippen molar-refractivity contribution in [3.8, 4) is 39.9 Å². The molecule has 7 rings (SSSR count). The quantitative estimate of drug-likeness (QED) is 0.236. The second kappa shape index (κ2) is 9.25. The van der Waals surface area contributed by atoms with Gasteiger partial charge >= 0.3 is 0 Å². The molecule has 38 heavy (non-hydrogen) atoms. The van der Waals surface area contributed by atoms with Crippen molar-refractivity contribution < 1.29 is 8.22 Å². The van der Waals surface area contributed by atoms with Crippen molar-refractivity contribution in [1.29, 1.82) is 0 Å². The number of benzene rings is 5. The van der Waals surface area contributed by atoms with E-state index in [0.29, 0.717) is 28.7 Å². The van der Waals surface area contributed by atoms with Gasteiger partial charge in [0.1, 0.15) is 0 Å². The summed E-state index contributed by atoms with van der Waals surface area (Å²) in [6, 6.07) is 26.1. The van der Waals surface area contributed by atoms with Crippen LogP contribution >= 0.6 is 11.6 Å². The van der Waals surface area contributed by atoms with E-state index in [1.54, 1.807) is 22.8 Å². The number of halogens is 1. The van der Waals surface area contributed by atoms with Gasteiger partial charge in [0.15, 0.2) is 17.5 Å². The Hall–Kier alpha value is -4.80. The van der Waals surface area contributed by atoms with Crippen molar-refractivity contribution in [3.63, 3.8) is 0 Å². The molecule has 0 spiro atoms. The standard InChI is InChI=1S/C33H21ClN4/c34-27-21-24(19-20-30(27)38-28-17-9-7-15-25(28)26-16-8-10-18-29(26)38)33-36-31(22-11-3-1-4-12-22)35-32(37-33)23-13-5-2-6-14-23/h1-21H/i7D,8D,15D,16D,17D,18D. The second-order valence-electron chi connectivity index (χ2n) is 8.60. The zero-order valence-corrected chi connectivity index (χ0v) is 20.6. The molecule has 0 amide bonds. The first-order valence-electron chi connectivity index (χ1n) is 14.9. The summed E-state index contributed by atoms with van der Waals surface area (Å²) in [6.45, 7) is 0. The molecule has 0 saturated heterocycles. The highest BCUT2D eigenvalue weighted by Crippen LogP contribution is 2.36. The van der Waals surface area contributed by atoms with Crippen LogP contribution < -0.4 is 0 Å². The summed E-state index contributed by atoms with van der Waals surface area (Å²) in [4.78, 5) is 14.3. The van der Waals surface area contributed by atoms with E-state index in [1.165, 1.54) is 12.1 Å². The van der Waals surface area contributed by atoms with Crippen LogP contribution in [0, 0.1) is 0 Å². The first-order chi connectivity index (χ1) is 21.2. The highest BCUT2D eigenvalue weighted by atomic mass is 35.5. The summed E-state index contributed by atoms with van der Waals surface area (Å²) in [5, 5.41) is 0.594. The summed E-state index contributed by atoms with van der Waals surface area (Å²) in [5.74, 6) is 1.39. The third kappa shape index (κ3) is 3.83. The van der Waals surface area contributed by atoms with Gasteiger partial charge in [-0.3, -0.25) is 0 Å². The molecule has 5 aromatic carbocycles. The smallest absolute Gasteiger partial charge is 0.164 e. The predicted molar refractivity (Wildman–Crippen MR) is 155 cm³/mol. The lowest BCUT2D eigenvalue weighted by Gasteiger charge is -2.12. The van der Waals surface area contributed by atoms with E-state index in [9.17, 15) is 0 Å². The van der Waals surface area contributed by atoms with Gasteiger partial charge in [0.2, 0.25) is 0 Å². The largest absolute Gasteiger partial charge is 0.308 e. The topological polar surface area (TPSA) is 43.6 Å². The molecule has 0 radical (unpaired) electrons. The van der Waals surface area contributed by atoms with Crippen molar-refractivity contribution in [2.75, 3.05) is 0 Å². The van der Waals surface area contributed by atoms with Gasteiger partial charge < -0.3 is 4.57 Å². The van der Waals surface area contributed by atoms with Crippen LogP contribution in [-0.2, 0) is 0 Å². The minimum Gasteiger partial charge on any atom is -0.308 e. The maximum Gasteiger partial charge on any atom is 0.164 e. The molecule has 0 bridgehead atoms. The van der Waals surface area contributed by atoms with E-state index in [-0.39, 0.29) is 63.1 Å². The average molecular weight is 515 g/mol. The molecular formula is C33H21ClN4. The number of hydrogen-bond acceptors (Lipinski definition) is 3. The molecule has 0 atom stereocenters. The van der Waals surface area contributed by atoms with Gasteiger partial charge in [0, 0.05) is 27.5 Å². The van der Waals surface area contributed by atoms with E-state index in [4.69, 9.17) is 34.8 Å². The number of rotatable bonds is 4. The van der Waals surface area contributed by atoms with Crippen molar-refractivity contribution in [2.24, 2.45) is 0 Å². The van der Waals surface area contributed by atoms with Crippen molar-refractivity contribution in [2.45, 2.75) is 0 Å². The molecule has 0 N–H and O–H groups in total. The Kier molecular flexibility index (Phi) is 4.10. The number of hydrogen-bond donors (Lipinski definition) is 0. The maximum absolute atomic E-state index is 8.71. The number of fused-ring (bicyclic) bond motifs is 3. The molecule has 0 aliphatic carbocycles. The summed E-state index contributed by atoms with van der Waals surface area (Å²) in [5.41, 5.74) is 3.15. The van der Waals surface area contributed by atoms with Crippen LogP contribution in [0.2, 0.25) is 5.02 Å². The molecule has 0 aliphatic heterocycles. The zero-order valence-electron chi connectivity index (χ0n) is 25.8. The third-order valence-corrected chi connectivity index (χ3v) is 6.58. The molecule has 0 saturated carbocycles. The van der Waals surface area contributed by atoms with E-state index in [1.807, 2.05) is 60.7 Å². The molecular weight excluding hydrogens is 488 g/mol. The summed E-state index contributed by atoms with van der Waals surface area (Å²) in [6.07, 6.45) is 0. The molecule has 4 nitrogen and oxygen atoms in total. The fourth-order valence-corrected chi connectivity index (χ4v) is 4.79. The van der Waals surface area contributed by atoms with Crippen LogP contribution in [0.1, 0.15) is 8.22 Å².